The Morgan fingerprint density at radius 3 is 2.60 bits per heavy atom. The first-order valence-electron chi connectivity index (χ1n) is 6.18. The molecule has 0 saturated heterocycles. The number of methoxy groups -OCH3 is 2. The third-order valence-corrected chi connectivity index (χ3v) is 2.79. The minimum atomic E-state index is 0.536. The fourth-order valence-electron chi connectivity index (χ4n) is 1.82. The first-order chi connectivity index (χ1) is 9.62. The molecule has 1 heterocycles. The minimum absolute atomic E-state index is 0.536. The Labute approximate surface area is 118 Å². The standard InChI is InChI=1S/C14H18N4O2/c1-9-17-13(7-14(18-9)20-3)16-8-10-4-5-12(19-2)11(15)6-10/h4-7H,8,15H2,1-3H3,(H,16,17,18). The van der Waals surface area contributed by atoms with Crippen molar-refractivity contribution in [2.24, 2.45) is 0 Å². The first kappa shape index (κ1) is 13.9. The predicted octanol–water partition coefficient (Wildman–Crippen LogP) is 2.00. The van der Waals surface area contributed by atoms with Gasteiger partial charge in [-0.25, -0.2) is 4.98 Å². The van der Waals surface area contributed by atoms with Crippen LogP contribution in [0.2, 0.25) is 0 Å². The van der Waals surface area contributed by atoms with E-state index in [0.29, 0.717) is 35.5 Å². The van der Waals surface area contributed by atoms with Gasteiger partial charge in [0.1, 0.15) is 17.4 Å². The lowest BCUT2D eigenvalue weighted by Gasteiger charge is -2.10. The lowest BCUT2D eigenvalue weighted by Crippen LogP contribution is -2.04. The van der Waals surface area contributed by atoms with E-state index in [9.17, 15) is 0 Å². The largest absolute Gasteiger partial charge is 0.495 e. The van der Waals surface area contributed by atoms with Crippen LogP contribution >= 0.6 is 0 Å². The molecule has 0 amide bonds. The molecule has 0 radical (unpaired) electrons. The number of nitrogens with one attached hydrogen (secondary N) is 1. The average molecular weight is 274 g/mol. The van der Waals surface area contributed by atoms with Gasteiger partial charge in [-0.2, -0.15) is 4.98 Å². The molecule has 0 saturated carbocycles. The molecule has 1 aromatic heterocycles. The summed E-state index contributed by atoms with van der Waals surface area (Å²) >= 11 is 0. The second-order valence-corrected chi connectivity index (χ2v) is 4.27. The van der Waals surface area contributed by atoms with Gasteiger partial charge in [0.2, 0.25) is 5.88 Å². The van der Waals surface area contributed by atoms with Gasteiger partial charge in [-0.1, -0.05) is 6.07 Å². The number of aromatic nitrogens is 2. The normalized spacial score (nSPS) is 10.2. The fourth-order valence-corrected chi connectivity index (χ4v) is 1.82. The van der Waals surface area contributed by atoms with E-state index in [2.05, 4.69) is 15.3 Å². The van der Waals surface area contributed by atoms with Crippen molar-refractivity contribution in [3.05, 3.63) is 35.7 Å². The lowest BCUT2D eigenvalue weighted by atomic mass is 10.2. The van der Waals surface area contributed by atoms with Crippen molar-refractivity contribution in [1.29, 1.82) is 0 Å². The van der Waals surface area contributed by atoms with Crippen LogP contribution in [0, 0.1) is 6.92 Å². The van der Waals surface area contributed by atoms with Gasteiger partial charge in [-0.05, 0) is 24.6 Å². The maximum absolute atomic E-state index is 5.87. The van der Waals surface area contributed by atoms with Crippen molar-refractivity contribution in [1.82, 2.24) is 9.97 Å². The van der Waals surface area contributed by atoms with Crippen LogP contribution in [0.15, 0.2) is 24.3 Å². The molecule has 2 rings (SSSR count). The highest BCUT2D eigenvalue weighted by Crippen LogP contribution is 2.22. The highest BCUT2D eigenvalue weighted by atomic mass is 16.5. The van der Waals surface area contributed by atoms with Gasteiger partial charge >= 0.3 is 0 Å². The van der Waals surface area contributed by atoms with Gasteiger partial charge in [0, 0.05) is 12.6 Å². The maximum atomic E-state index is 5.87. The second-order valence-electron chi connectivity index (χ2n) is 4.27. The zero-order chi connectivity index (χ0) is 14.5. The summed E-state index contributed by atoms with van der Waals surface area (Å²) in [5.41, 5.74) is 7.53. The number of anilines is 2. The Kier molecular flexibility index (Phi) is 4.24. The predicted molar refractivity (Wildman–Crippen MR) is 78.1 cm³/mol. The van der Waals surface area contributed by atoms with Crippen molar-refractivity contribution in [2.75, 3.05) is 25.3 Å². The Hall–Kier alpha value is -2.50. The second kappa shape index (κ2) is 6.10. The molecule has 2 aromatic rings. The summed E-state index contributed by atoms with van der Waals surface area (Å²) in [5.74, 6) is 2.58. The van der Waals surface area contributed by atoms with E-state index in [-0.39, 0.29) is 0 Å². The smallest absolute Gasteiger partial charge is 0.218 e. The van der Waals surface area contributed by atoms with E-state index >= 15 is 0 Å². The van der Waals surface area contributed by atoms with Gasteiger partial charge in [0.25, 0.3) is 0 Å². The third kappa shape index (κ3) is 3.28. The highest BCUT2D eigenvalue weighted by molar-refractivity contribution is 5.54. The minimum Gasteiger partial charge on any atom is -0.495 e. The Morgan fingerprint density at radius 1 is 1.15 bits per heavy atom. The molecule has 0 aliphatic heterocycles. The van der Waals surface area contributed by atoms with Crippen LogP contribution in [0.25, 0.3) is 0 Å². The van der Waals surface area contributed by atoms with Crippen LogP contribution in [0.5, 0.6) is 11.6 Å². The number of hydrogen-bond acceptors (Lipinski definition) is 6. The van der Waals surface area contributed by atoms with Crippen LogP contribution in [0.1, 0.15) is 11.4 Å². The Bertz CT molecular complexity index is 602. The number of aryl methyl sites for hydroxylation is 1. The summed E-state index contributed by atoms with van der Waals surface area (Å²) in [6.45, 7) is 2.42. The van der Waals surface area contributed by atoms with Crippen molar-refractivity contribution >= 4 is 11.5 Å². The molecule has 0 atom stereocenters. The summed E-state index contributed by atoms with van der Waals surface area (Å²) < 4.78 is 10.2. The number of hydrogen-bond donors (Lipinski definition) is 2. The summed E-state index contributed by atoms with van der Waals surface area (Å²) in [6, 6.07) is 7.42. The van der Waals surface area contributed by atoms with Gasteiger partial charge in [-0.15, -0.1) is 0 Å². The van der Waals surface area contributed by atoms with Crippen molar-refractivity contribution < 1.29 is 9.47 Å². The van der Waals surface area contributed by atoms with Crippen molar-refractivity contribution in [2.45, 2.75) is 13.5 Å². The van der Waals surface area contributed by atoms with E-state index < -0.39 is 0 Å². The summed E-state index contributed by atoms with van der Waals surface area (Å²) in [5, 5.41) is 3.21. The molecule has 0 bridgehead atoms. The number of benzene rings is 1. The SMILES string of the molecule is COc1cc(NCc2ccc(OC)c(N)c2)nc(C)n1. The molecule has 20 heavy (non-hydrogen) atoms. The van der Waals surface area contributed by atoms with Gasteiger partial charge in [-0.3, -0.25) is 0 Å². The molecule has 0 aliphatic rings. The topological polar surface area (TPSA) is 82.3 Å². The van der Waals surface area contributed by atoms with E-state index in [0.717, 1.165) is 5.56 Å². The highest BCUT2D eigenvalue weighted by Gasteiger charge is 2.04. The number of nitrogens with zero attached hydrogens (tertiary/aromatic N) is 2. The average Bonchev–Trinajstić information content (AvgIpc) is 2.44. The van der Waals surface area contributed by atoms with Crippen LogP contribution in [0.4, 0.5) is 11.5 Å². The monoisotopic (exact) mass is 274 g/mol. The molecule has 6 nitrogen and oxygen atoms in total. The molecular formula is C14H18N4O2. The van der Waals surface area contributed by atoms with Gasteiger partial charge in [0.15, 0.2) is 0 Å². The van der Waals surface area contributed by atoms with Crippen LogP contribution < -0.4 is 20.5 Å². The van der Waals surface area contributed by atoms with Gasteiger partial charge < -0.3 is 20.5 Å². The molecular weight excluding hydrogens is 256 g/mol. The van der Waals surface area contributed by atoms with Crippen molar-refractivity contribution in [3.8, 4) is 11.6 Å². The number of nitrogen functional groups attached to an aromatic ring is 1. The van der Waals surface area contributed by atoms with E-state index in [4.69, 9.17) is 15.2 Å². The number of nitrogens with two attached hydrogens (primary N) is 1. The maximum Gasteiger partial charge on any atom is 0.218 e. The van der Waals surface area contributed by atoms with E-state index in [1.54, 1.807) is 20.3 Å². The van der Waals surface area contributed by atoms with Gasteiger partial charge in [0.05, 0.1) is 19.9 Å². The van der Waals surface area contributed by atoms with E-state index in [1.165, 1.54) is 0 Å². The molecule has 0 aliphatic carbocycles. The molecule has 1 aromatic carbocycles. The number of ether oxygens (including phenoxy) is 2. The van der Waals surface area contributed by atoms with Crippen LogP contribution in [-0.4, -0.2) is 24.2 Å². The van der Waals surface area contributed by atoms with Crippen molar-refractivity contribution in [3.63, 3.8) is 0 Å². The Morgan fingerprint density at radius 2 is 1.95 bits per heavy atom. The molecule has 0 fully saturated rings. The van der Waals surface area contributed by atoms with Crippen LogP contribution in [-0.2, 0) is 6.54 Å². The third-order valence-electron chi connectivity index (χ3n) is 2.79. The zero-order valence-corrected chi connectivity index (χ0v) is 11.8. The number of rotatable bonds is 5. The fraction of sp³-hybridized carbons (Fsp3) is 0.286. The molecule has 0 spiro atoms. The van der Waals surface area contributed by atoms with Crippen LogP contribution in [0.3, 0.4) is 0 Å². The molecule has 3 N–H and O–H groups in total. The summed E-state index contributed by atoms with van der Waals surface area (Å²) in [4.78, 5) is 8.43. The quantitative estimate of drug-likeness (QED) is 0.811. The molecule has 106 valence electrons. The zero-order valence-electron chi connectivity index (χ0n) is 11.8. The van der Waals surface area contributed by atoms with E-state index in [1.807, 2.05) is 25.1 Å². The summed E-state index contributed by atoms with van der Waals surface area (Å²) in [6.07, 6.45) is 0. The first-order valence-corrected chi connectivity index (χ1v) is 6.18. The summed E-state index contributed by atoms with van der Waals surface area (Å²) in [7, 11) is 3.18. The molecule has 6 heteroatoms. The molecule has 0 unspecified atom stereocenters. The lowest BCUT2D eigenvalue weighted by molar-refractivity contribution is 0.396. The Balaban J connectivity index is 2.08.